The van der Waals surface area contributed by atoms with E-state index in [1.165, 1.54) is 5.56 Å². The zero-order chi connectivity index (χ0) is 24.1. The lowest BCUT2D eigenvalue weighted by molar-refractivity contribution is 0.0697. The van der Waals surface area contributed by atoms with E-state index in [4.69, 9.17) is 5.11 Å². The van der Waals surface area contributed by atoms with Crippen molar-refractivity contribution >= 4 is 5.97 Å². The summed E-state index contributed by atoms with van der Waals surface area (Å²) in [6.07, 6.45) is 2.26. The molecule has 0 spiro atoms. The van der Waals surface area contributed by atoms with Crippen molar-refractivity contribution in [3.05, 3.63) is 130 Å². The highest BCUT2D eigenvalue weighted by Crippen LogP contribution is 2.37. The summed E-state index contributed by atoms with van der Waals surface area (Å²) in [6.45, 7) is 3.99. The Hall–Kier alpha value is -4.12. The second-order valence-corrected chi connectivity index (χ2v) is 8.50. The summed E-state index contributed by atoms with van der Waals surface area (Å²) in [7, 11) is 0. The lowest BCUT2D eigenvalue weighted by Crippen LogP contribution is -2.09. The average molecular weight is 451 g/mol. The number of aromatic carboxylic acids is 1. The smallest absolute Gasteiger partial charge is 0.335 e. The van der Waals surface area contributed by atoms with Gasteiger partial charge in [-0.2, -0.15) is 4.91 Å². The van der Waals surface area contributed by atoms with E-state index in [2.05, 4.69) is 41.4 Å². The van der Waals surface area contributed by atoms with E-state index in [0.717, 1.165) is 33.5 Å². The first-order chi connectivity index (χ1) is 16.5. The third-order valence-electron chi connectivity index (χ3n) is 6.23. The molecule has 0 fully saturated rings. The number of rotatable bonds is 8. The van der Waals surface area contributed by atoms with Gasteiger partial charge in [-0.25, -0.2) is 4.79 Å². The number of hydrogen-bond acceptors (Lipinski definition) is 4. The molecule has 4 rings (SSSR count). The number of pyridine rings is 1. The molecule has 2 atom stereocenters. The third kappa shape index (κ3) is 5.09. The molecule has 34 heavy (non-hydrogen) atoms. The number of carbonyl (C=O) groups is 1. The molecular weight excluding hydrogens is 424 g/mol. The van der Waals surface area contributed by atoms with Crippen LogP contribution in [0.5, 0.6) is 0 Å². The van der Waals surface area contributed by atoms with Gasteiger partial charge in [-0.15, -0.1) is 0 Å². The van der Waals surface area contributed by atoms with E-state index >= 15 is 0 Å². The van der Waals surface area contributed by atoms with Crippen LogP contribution < -0.4 is 0 Å². The molecular formula is C29H26N2O3. The summed E-state index contributed by atoms with van der Waals surface area (Å²) in [5.41, 5.74) is 7.37. The van der Waals surface area contributed by atoms with Crippen LogP contribution in [0.25, 0.3) is 11.1 Å². The van der Waals surface area contributed by atoms with Gasteiger partial charge in [-0.05, 0) is 77.9 Å². The number of carboxylic acid groups (broad SMARTS) is 1. The summed E-state index contributed by atoms with van der Waals surface area (Å²) in [5.74, 6) is -0.952. The normalized spacial score (nSPS) is 12.6. The number of aryl methyl sites for hydroxylation is 2. The van der Waals surface area contributed by atoms with Crippen molar-refractivity contribution < 1.29 is 9.90 Å². The van der Waals surface area contributed by atoms with E-state index in [1.807, 2.05) is 55.5 Å². The van der Waals surface area contributed by atoms with Crippen LogP contribution in [0.3, 0.4) is 0 Å². The first kappa shape index (κ1) is 23.1. The minimum absolute atomic E-state index is 0.0131. The highest BCUT2D eigenvalue weighted by molar-refractivity contribution is 5.88. The molecule has 0 saturated carbocycles. The van der Waals surface area contributed by atoms with Gasteiger partial charge in [0, 0.05) is 17.8 Å². The van der Waals surface area contributed by atoms with Crippen molar-refractivity contribution in [1.29, 1.82) is 0 Å². The van der Waals surface area contributed by atoms with Crippen LogP contribution in [0.4, 0.5) is 0 Å². The van der Waals surface area contributed by atoms with Crippen LogP contribution in [0, 0.1) is 18.8 Å². The Bertz CT molecular complexity index is 1300. The van der Waals surface area contributed by atoms with Gasteiger partial charge in [-0.3, -0.25) is 4.98 Å². The predicted molar refractivity (Wildman–Crippen MR) is 134 cm³/mol. The molecule has 0 aliphatic rings. The van der Waals surface area contributed by atoms with Gasteiger partial charge in [0.05, 0.1) is 5.56 Å². The van der Waals surface area contributed by atoms with E-state index in [9.17, 15) is 9.70 Å². The van der Waals surface area contributed by atoms with Crippen LogP contribution in [0.15, 0.2) is 96.3 Å². The largest absolute Gasteiger partial charge is 0.478 e. The molecule has 0 aliphatic heterocycles. The van der Waals surface area contributed by atoms with Crippen LogP contribution in [0.2, 0.25) is 0 Å². The minimum atomic E-state index is -0.939. The second-order valence-electron chi connectivity index (χ2n) is 8.50. The fourth-order valence-corrected chi connectivity index (χ4v) is 4.37. The van der Waals surface area contributed by atoms with Gasteiger partial charge >= 0.3 is 5.97 Å². The van der Waals surface area contributed by atoms with Crippen molar-refractivity contribution in [2.24, 2.45) is 5.18 Å². The predicted octanol–water partition coefficient (Wildman–Crippen LogP) is 7.09. The molecule has 0 saturated heterocycles. The summed E-state index contributed by atoms with van der Waals surface area (Å²) in [5, 5.41) is 12.6. The fourth-order valence-electron chi connectivity index (χ4n) is 4.37. The van der Waals surface area contributed by atoms with E-state index in [1.54, 1.807) is 18.3 Å². The standard InChI is InChI=1S/C29H26N2O3/c1-19-5-3-4-6-26(19)27(18-28(31-34)25-15-16-30-20(2)17-25)23-11-7-21(8-12-23)22-9-13-24(14-10-22)29(32)33/h3-17,27-28H,18H2,1-2H3,(H,32,33)/t27-,28?/m0/s1. The van der Waals surface area contributed by atoms with Gasteiger partial charge in [0.2, 0.25) is 0 Å². The number of carboxylic acids is 1. The fraction of sp³-hybridized carbons (Fsp3) is 0.172. The van der Waals surface area contributed by atoms with Crippen LogP contribution >= 0.6 is 0 Å². The quantitative estimate of drug-likeness (QED) is 0.291. The molecule has 1 heterocycles. The molecule has 1 N–H and O–H groups in total. The Kier molecular flexibility index (Phi) is 6.93. The highest BCUT2D eigenvalue weighted by Gasteiger charge is 2.23. The molecule has 1 unspecified atom stereocenters. The Labute approximate surface area is 199 Å². The van der Waals surface area contributed by atoms with Crippen molar-refractivity contribution in [3.8, 4) is 11.1 Å². The average Bonchev–Trinajstić information content (AvgIpc) is 2.86. The first-order valence-electron chi connectivity index (χ1n) is 11.2. The number of aromatic nitrogens is 1. The Morgan fingerprint density at radius 2 is 1.53 bits per heavy atom. The van der Waals surface area contributed by atoms with Crippen molar-refractivity contribution in [1.82, 2.24) is 4.98 Å². The Morgan fingerprint density at radius 3 is 2.12 bits per heavy atom. The van der Waals surface area contributed by atoms with Crippen molar-refractivity contribution in [2.45, 2.75) is 32.2 Å². The zero-order valence-corrected chi connectivity index (χ0v) is 19.2. The third-order valence-corrected chi connectivity index (χ3v) is 6.23. The van der Waals surface area contributed by atoms with Crippen molar-refractivity contribution in [2.75, 3.05) is 0 Å². The summed E-state index contributed by atoms with van der Waals surface area (Å²) < 4.78 is 0. The topological polar surface area (TPSA) is 79.6 Å². The molecule has 3 aromatic carbocycles. The number of benzene rings is 3. The van der Waals surface area contributed by atoms with Gasteiger partial charge in [0.15, 0.2) is 0 Å². The molecule has 170 valence electrons. The lowest BCUT2D eigenvalue weighted by atomic mass is 9.82. The number of nitroso groups, excluding NO2 is 1. The maximum absolute atomic E-state index is 11.9. The zero-order valence-electron chi connectivity index (χ0n) is 19.2. The number of hydrogen-bond donors (Lipinski definition) is 1. The molecule has 0 radical (unpaired) electrons. The highest BCUT2D eigenvalue weighted by atomic mass is 16.4. The summed E-state index contributed by atoms with van der Waals surface area (Å²) >= 11 is 0. The first-order valence-corrected chi connectivity index (χ1v) is 11.2. The van der Waals surface area contributed by atoms with E-state index in [-0.39, 0.29) is 11.5 Å². The monoisotopic (exact) mass is 450 g/mol. The van der Waals surface area contributed by atoms with E-state index in [0.29, 0.717) is 6.42 Å². The SMILES string of the molecule is Cc1cc(C(C[C@@H](c2ccc(-c3ccc(C(=O)O)cc3)cc2)c2ccccc2C)N=O)ccn1. The van der Waals surface area contributed by atoms with Gasteiger partial charge in [-0.1, -0.05) is 65.8 Å². The Balaban J connectivity index is 1.68. The van der Waals surface area contributed by atoms with E-state index < -0.39 is 12.0 Å². The Morgan fingerprint density at radius 1 is 0.882 bits per heavy atom. The molecule has 1 aromatic heterocycles. The van der Waals surface area contributed by atoms with Gasteiger partial charge in [0.1, 0.15) is 6.04 Å². The molecule has 0 aliphatic carbocycles. The van der Waals surface area contributed by atoms with Crippen molar-refractivity contribution in [3.63, 3.8) is 0 Å². The minimum Gasteiger partial charge on any atom is -0.478 e. The maximum Gasteiger partial charge on any atom is 0.335 e. The molecule has 5 nitrogen and oxygen atoms in total. The maximum atomic E-state index is 11.9. The summed E-state index contributed by atoms with van der Waals surface area (Å²) in [4.78, 5) is 27.3. The van der Waals surface area contributed by atoms with Crippen LogP contribution in [0.1, 0.15) is 56.7 Å². The van der Waals surface area contributed by atoms with Gasteiger partial charge in [0.25, 0.3) is 0 Å². The van der Waals surface area contributed by atoms with Gasteiger partial charge < -0.3 is 5.11 Å². The van der Waals surface area contributed by atoms with Crippen LogP contribution in [-0.2, 0) is 0 Å². The molecule has 0 bridgehead atoms. The molecule has 0 amide bonds. The summed E-state index contributed by atoms with van der Waals surface area (Å²) in [6, 6.07) is 26.6. The number of nitrogens with zero attached hydrogens (tertiary/aromatic N) is 2. The molecule has 4 aromatic rings. The second kappa shape index (κ2) is 10.2. The van der Waals surface area contributed by atoms with Crippen LogP contribution in [-0.4, -0.2) is 16.1 Å². The lowest BCUT2D eigenvalue weighted by Gasteiger charge is -2.23. The molecule has 5 heteroatoms.